The zero-order valence-electron chi connectivity index (χ0n) is 13.5. The highest BCUT2D eigenvalue weighted by Gasteiger charge is 2.23. The Balaban J connectivity index is 1.54. The van der Waals surface area contributed by atoms with E-state index in [9.17, 15) is 9.59 Å². The molecule has 2 aliphatic heterocycles. The molecule has 0 aliphatic carbocycles. The predicted octanol–water partition coefficient (Wildman–Crippen LogP) is 1.86. The molecule has 0 spiro atoms. The van der Waals surface area contributed by atoms with Gasteiger partial charge in [0.2, 0.25) is 0 Å². The van der Waals surface area contributed by atoms with E-state index >= 15 is 0 Å². The first-order valence-corrected chi connectivity index (χ1v) is 8.22. The molecule has 0 unspecified atom stereocenters. The number of nitrogens with zero attached hydrogens (tertiary/aromatic N) is 2. The van der Waals surface area contributed by atoms with Gasteiger partial charge in [-0.1, -0.05) is 0 Å². The summed E-state index contributed by atoms with van der Waals surface area (Å²) in [6.07, 6.45) is 2.17. The molecule has 1 atom stereocenters. The lowest BCUT2D eigenvalue weighted by Crippen LogP contribution is -2.40. The third kappa shape index (κ3) is 3.64. The van der Waals surface area contributed by atoms with Gasteiger partial charge in [-0.2, -0.15) is 0 Å². The summed E-state index contributed by atoms with van der Waals surface area (Å²) in [5.41, 5.74) is 1.37. The number of anilines is 1. The first-order chi connectivity index (χ1) is 11.1. The Morgan fingerprint density at radius 2 is 1.91 bits per heavy atom. The average molecular weight is 317 g/mol. The van der Waals surface area contributed by atoms with Gasteiger partial charge in [-0.25, -0.2) is 4.79 Å². The van der Waals surface area contributed by atoms with Gasteiger partial charge in [0.1, 0.15) is 6.61 Å². The molecule has 2 aliphatic rings. The predicted molar refractivity (Wildman–Crippen MR) is 87.7 cm³/mol. The van der Waals surface area contributed by atoms with E-state index in [1.54, 1.807) is 29.2 Å². The van der Waals surface area contributed by atoms with E-state index in [-0.39, 0.29) is 12.0 Å². The summed E-state index contributed by atoms with van der Waals surface area (Å²) in [4.78, 5) is 27.7. The van der Waals surface area contributed by atoms with Crippen LogP contribution >= 0.6 is 0 Å². The number of ether oxygens (including phenoxy) is 1. The average Bonchev–Trinajstić information content (AvgIpc) is 3.24. The van der Waals surface area contributed by atoms with Crippen molar-refractivity contribution in [1.29, 1.82) is 0 Å². The van der Waals surface area contributed by atoms with E-state index < -0.39 is 0 Å². The second kappa shape index (κ2) is 7.00. The van der Waals surface area contributed by atoms with Gasteiger partial charge in [0, 0.05) is 23.8 Å². The Morgan fingerprint density at radius 3 is 2.52 bits per heavy atom. The van der Waals surface area contributed by atoms with Crippen LogP contribution in [0.3, 0.4) is 0 Å². The van der Waals surface area contributed by atoms with Crippen LogP contribution in [0.1, 0.15) is 30.1 Å². The normalized spacial score (nSPS) is 19.7. The number of cyclic esters (lactones) is 1. The van der Waals surface area contributed by atoms with Crippen LogP contribution in [0.4, 0.5) is 10.5 Å². The molecule has 6 nitrogen and oxygen atoms in total. The van der Waals surface area contributed by atoms with Crippen molar-refractivity contribution in [2.24, 2.45) is 0 Å². The van der Waals surface area contributed by atoms with Crippen LogP contribution in [-0.2, 0) is 4.74 Å². The van der Waals surface area contributed by atoms with Gasteiger partial charge in [-0.15, -0.1) is 0 Å². The van der Waals surface area contributed by atoms with Crippen LogP contribution in [0.2, 0.25) is 0 Å². The lowest BCUT2D eigenvalue weighted by Gasteiger charge is -2.23. The number of carbonyl (C=O) groups excluding carboxylic acids is 2. The lowest BCUT2D eigenvalue weighted by molar-refractivity contribution is 0.0940. The Labute approximate surface area is 136 Å². The highest BCUT2D eigenvalue weighted by atomic mass is 16.6. The van der Waals surface area contributed by atoms with Crippen molar-refractivity contribution in [1.82, 2.24) is 10.2 Å². The maximum absolute atomic E-state index is 12.2. The van der Waals surface area contributed by atoms with E-state index in [1.165, 1.54) is 12.8 Å². The lowest BCUT2D eigenvalue weighted by atomic mass is 10.1. The summed E-state index contributed by atoms with van der Waals surface area (Å²) in [6, 6.07) is 7.42. The molecule has 0 radical (unpaired) electrons. The smallest absolute Gasteiger partial charge is 0.414 e. The molecule has 0 aromatic heterocycles. The summed E-state index contributed by atoms with van der Waals surface area (Å²) in [5.74, 6) is -0.0772. The number of rotatable bonds is 5. The van der Waals surface area contributed by atoms with Gasteiger partial charge in [0.15, 0.2) is 0 Å². The molecule has 3 rings (SSSR count). The molecule has 0 saturated carbocycles. The van der Waals surface area contributed by atoms with Crippen molar-refractivity contribution in [2.45, 2.75) is 25.8 Å². The summed E-state index contributed by atoms with van der Waals surface area (Å²) < 4.78 is 4.91. The molecular weight excluding hydrogens is 294 g/mol. The van der Waals surface area contributed by atoms with Crippen LogP contribution in [0.15, 0.2) is 24.3 Å². The maximum Gasteiger partial charge on any atom is 0.414 e. The molecule has 1 aromatic rings. The fourth-order valence-corrected chi connectivity index (χ4v) is 3.07. The van der Waals surface area contributed by atoms with Crippen molar-refractivity contribution < 1.29 is 14.3 Å². The fraction of sp³-hybridized carbons (Fsp3) is 0.529. The Hall–Kier alpha value is -2.08. The van der Waals surface area contributed by atoms with Crippen LogP contribution < -0.4 is 10.2 Å². The van der Waals surface area contributed by atoms with Gasteiger partial charge < -0.3 is 10.1 Å². The standard InChI is InChI=1S/C17H23N3O3/c1-13(19-8-2-3-9-19)12-18-16(21)14-4-6-15(7-5-14)20-10-11-23-17(20)22/h4-7,13H,2-3,8-12H2,1H3,(H,18,21)/t13-/m0/s1. The number of hydrogen-bond acceptors (Lipinski definition) is 4. The van der Waals surface area contributed by atoms with Gasteiger partial charge in [0.05, 0.1) is 6.54 Å². The number of amides is 2. The van der Waals surface area contributed by atoms with E-state index in [4.69, 9.17) is 4.74 Å². The number of benzene rings is 1. The summed E-state index contributed by atoms with van der Waals surface area (Å²) in [6.45, 7) is 6.01. The monoisotopic (exact) mass is 317 g/mol. The first kappa shape index (κ1) is 15.8. The molecule has 1 N–H and O–H groups in total. The zero-order chi connectivity index (χ0) is 16.2. The van der Waals surface area contributed by atoms with Crippen molar-refractivity contribution in [2.75, 3.05) is 37.7 Å². The molecule has 2 heterocycles. The van der Waals surface area contributed by atoms with Gasteiger partial charge in [-0.05, 0) is 57.1 Å². The molecule has 2 saturated heterocycles. The quantitative estimate of drug-likeness (QED) is 0.900. The van der Waals surface area contributed by atoms with Gasteiger partial charge in [0.25, 0.3) is 5.91 Å². The minimum atomic E-state index is -0.332. The summed E-state index contributed by atoms with van der Waals surface area (Å²) in [7, 11) is 0. The SMILES string of the molecule is C[C@@H](CNC(=O)c1ccc(N2CCOC2=O)cc1)N1CCCC1. The van der Waals surface area contributed by atoms with Crippen LogP contribution in [-0.4, -0.2) is 55.7 Å². The second-order valence-electron chi connectivity index (χ2n) is 6.12. The van der Waals surface area contributed by atoms with Crippen molar-refractivity contribution in [3.63, 3.8) is 0 Å². The van der Waals surface area contributed by atoms with Crippen LogP contribution in [0.5, 0.6) is 0 Å². The van der Waals surface area contributed by atoms with Crippen LogP contribution in [0, 0.1) is 0 Å². The van der Waals surface area contributed by atoms with E-state index in [0.717, 1.165) is 18.8 Å². The molecule has 2 fully saturated rings. The Morgan fingerprint density at radius 1 is 1.22 bits per heavy atom. The van der Waals surface area contributed by atoms with Crippen molar-refractivity contribution in [3.8, 4) is 0 Å². The topological polar surface area (TPSA) is 61.9 Å². The largest absolute Gasteiger partial charge is 0.447 e. The maximum atomic E-state index is 12.2. The third-order valence-electron chi connectivity index (χ3n) is 4.52. The van der Waals surface area contributed by atoms with E-state index in [0.29, 0.717) is 31.3 Å². The summed E-state index contributed by atoms with van der Waals surface area (Å²) >= 11 is 0. The minimum Gasteiger partial charge on any atom is -0.447 e. The molecule has 124 valence electrons. The van der Waals surface area contributed by atoms with E-state index in [2.05, 4.69) is 17.1 Å². The Kier molecular flexibility index (Phi) is 4.81. The fourth-order valence-electron chi connectivity index (χ4n) is 3.07. The number of likely N-dealkylation sites (tertiary alicyclic amines) is 1. The highest BCUT2D eigenvalue weighted by Crippen LogP contribution is 2.19. The second-order valence-corrected chi connectivity index (χ2v) is 6.12. The van der Waals surface area contributed by atoms with Gasteiger partial charge >= 0.3 is 6.09 Å². The molecule has 1 aromatic carbocycles. The van der Waals surface area contributed by atoms with Crippen LogP contribution in [0.25, 0.3) is 0 Å². The Bertz CT molecular complexity index is 567. The molecule has 0 bridgehead atoms. The zero-order valence-corrected chi connectivity index (χ0v) is 13.5. The molecule has 23 heavy (non-hydrogen) atoms. The van der Waals surface area contributed by atoms with Gasteiger partial charge in [-0.3, -0.25) is 14.6 Å². The number of carbonyl (C=O) groups is 2. The third-order valence-corrected chi connectivity index (χ3v) is 4.52. The van der Waals surface area contributed by atoms with E-state index in [1.807, 2.05) is 0 Å². The first-order valence-electron chi connectivity index (χ1n) is 8.22. The molecule has 6 heteroatoms. The molecule has 2 amide bonds. The number of nitrogens with one attached hydrogen (secondary N) is 1. The molecular formula is C17H23N3O3. The number of hydrogen-bond donors (Lipinski definition) is 1. The van der Waals surface area contributed by atoms with Crippen molar-refractivity contribution >= 4 is 17.7 Å². The highest BCUT2D eigenvalue weighted by molar-refractivity contribution is 5.95. The summed E-state index contributed by atoms with van der Waals surface area (Å²) in [5, 5.41) is 2.99. The van der Waals surface area contributed by atoms with Crippen molar-refractivity contribution in [3.05, 3.63) is 29.8 Å². The minimum absolute atomic E-state index is 0.0772.